The summed E-state index contributed by atoms with van der Waals surface area (Å²) in [4.78, 5) is 20.6. The Hall–Kier alpha value is -1.92. The van der Waals surface area contributed by atoms with Crippen molar-refractivity contribution in [2.75, 3.05) is 0 Å². The van der Waals surface area contributed by atoms with E-state index in [0.29, 0.717) is 10.7 Å². The van der Waals surface area contributed by atoms with Gasteiger partial charge in [0.1, 0.15) is 5.56 Å². The van der Waals surface area contributed by atoms with Gasteiger partial charge in [0.25, 0.3) is 5.56 Å². The van der Waals surface area contributed by atoms with E-state index in [1.54, 1.807) is 18.2 Å². The minimum absolute atomic E-state index is 0.0166. The topological polar surface area (TPSA) is 81.2 Å². The summed E-state index contributed by atoms with van der Waals surface area (Å²) in [5.74, 6) is -0.316. The van der Waals surface area contributed by atoms with Gasteiger partial charge < -0.3 is 10.1 Å². The van der Waals surface area contributed by atoms with Crippen LogP contribution in [0.25, 0.3) is 0 Å². The van der Waals surface area contributed by atoms with E-state index in [1.807, 2.05) is 6.92 Å². The molecule has 0 radical (unpaired) electrons. The molecule has 5 nitrogen and oxygen atoms in total. The van der Waals surface area contributed by atoms with Crippen LogP contribution in [0.2, 0.25) is 5.02 Å². The van der Waals surface area contributed by atoms with Gasteiger partial charge in [-0.2, -0.15) is 0 Å². The van der Waals surface area contributed by atoms with E-state index in [-0.39, 0.29) is 16.2 Å². The highest BCUT2D eigenvalue weighted by atomic mass is 35.5. The fourth-order valence-electron chi connectivity index (χ4n) is 1.50. The van der Waals surface area contributed by atoms with Gasteiger partial charge in [0.2, 0.25) is 5.88 Å². The summed E-state index contributed by atoms with van der Waals surface area (Å²) in [7, 11) is 0. The molecule has 7 heteroatoms. The molecule has 0 aliphatic carbocycles. The highest BCUT2D eigenvalue weighted by Gasteiger charge is 2.04. The molecule has 1 heterocycles. The summed E-state index contributed by atoms with van der Waals surface area (Å²) >= 11 is 10.6. The molecule has 1 aromatic carbocycles. The second-order valence-electron chi connectivity index (χ2n) is 3.86. The summed E-state index contributed by atoms with van der Waals surface area (Å²) in [5.41, 5.74) is 1.04. The lowest BCUT2D eigenvalue weighted by atomic mass is 10.2. The Morgan fingerprint density at radius 3 is 2.79 bits per heavy atom. The molecule has 0 saturated heterocycles. The Morgan fingerprint density at radius 1 is 1.42 bits per heavy atom. The zero-order valence-electron chi connectivity index (χ0n) is 9.90. The fraction of sp³-hybridized carbons (Fsp3) is 0.0833. The number of H-pyrrole nitrogens is 2. The van der Waals surface area contributed by atoms with Crippen LogP contribution >= 0.6 is 23.8 Å². The predicted molar refractivity (Wildman–Crippen MR) is 77.4 cm³/mol. The van der Waals surface area contributed by atoms with Crippen LogP contribution in [0.15, 0.2) is 28.0 Å². The average Bonchev–Trinajstić information content (AvgIpc) is 2.30. The molecule has 0 spiro atoms. The molecule has 0 amide bonds. The van der Waals surface area contributed by atoms with E-state index in [0.717, 1.165) is 5.56 Å². The lowest BCUT2D eigenvalue weighted by molar-refractivity contribution is 0.449. The maximum absolute atomic E-state index is 11.6. The molecule has 3 N–H and O–H groups in total. The van der Waals surface area contributed by atoms with Gasteiger partial charge in [-0.1, -0.05) is 11.6 Å². The second kappa shape index (κ2) is 5.38. The van der Waals surface area contributed by atoms with Crippen molar-refractivity contribution < 1.29 is 5.11 Å². The monoisotopic (exact) mass is 295 g/mol. The first kappa shape index (κ1) is 13.5. The Morgan fingerprint density at radius 2 is 2.16 bits per heavy atom. The maximum atomic E-state index is 11.6. The summed E-state index contributed by atoms with van der Waals surface area (Å²) < 4.78 is 0.0577. The van der Waals surface area contributed by atoms with Gasteiger partial charge in [0.05, 0.1) is 5.69 Å². The van der Waals surface area contributed by atoms with Crippen molar-refractivity contribution in [1.82, 2.24) is 9.97 Å². The third-order valence-electron chi connectivity index (χ3n) is 2.45. The normalized spacial score (nSPS) is 11.1. The summed E-state index contributed by atoms with van der Waals surface area (Å²) in [6, 6.07) is 5.19. The number of aryl methyl sites for hydroxylation is 1. The molecule has 0 fully saturated rings. The number of aliphatic imine (C=N–C) groups is 1. The van der Waals surface area contributed by atoms with E-state index in [4.69, 9.17) is 23.8 Å². The Bertz CT molecular complexity index is 764. The van der Waals surface area contributed by atoms with Crippen molar-refractivity contribution in [3.63, 3.8) is 0 Å². The van der Waals surface area contributed by atoms with Gasteiger partial charge in [-0.05, 0) is 42.9 Å². The third-order valence-corrected chi connectivity index (χ3v) is 2.89. The van der Waals surface area contributed by atoms with Crippen LogP contribution in [0.1, 0.15) is 11.1 Å². The van der Waals surface area contributed by atoms with Crippen molar-refractivity contribution in [1.29, 1.82) is 0 Å². The van der Waals surface area contributed by atoms with Gasteiger partial charge in [0.15, 0.2) is 4.77 Å². The molecule has 0 unspecified atom stereocenters. The highest BCUT2D eigenvalue weighted by Crippen LogP contribution is 2.22. The van der Waals surface area contributed by atoms with E-state index >= 15 is 0 Å². The lowest BCUT2D eigenvalue weighted by Gasteiger charge is -2.01. The van der Waals surface area contributed by atoms with E-state index in [9.17, 15) is 9.90 Å². The molecule has 1 aromatic heterocycles. The van der Waals surface area contributed by atoms with Crippen LogP contribution in [-0.2, 0) is 0 Å². The van der Waals surface area contributed by atoms with Gasteiger partial charge in [-0.15, -0.1) is 0 Å². The molecular formula is C12H10ClN3O2S. The number of hydrogen-bond donors (Lipinski definition) is 3. The Labute approximate surface area is 118 Å². The van der Waals surface area contributed by atoms with Gasteiger partial charge >= 0.3 is 0 Å². The van der Waals surface area contributed by atoms with Crippen LogP contribution < -0.4 is 5.56 Å². The lowest BCUT2D eigenvalue weighted by Crippen LogP contribution is -2.13. The standard InChI is InChI=1S/C12H10ClN3O2S/c1-6-4-7(13)2-3-9(6)14-5-8-10(17)15-12(19)16-11(8)18/h2-5H,1H3,(H3,15,16,17,18,19). The number of aromatic amines is 2. The van der Waals surface area contributed by atoms with Crippen LogP contribution in [-0.4, -0.2) is 21.3 Å². The molecule has 0 saturated carbocycles. The average molecular weight is 296 g/mol. The van der Waals surface area contributed by atoms with Crippen LogP contribution in [0.4, 0.5) is 5.69 Å². The Balaban J connectivity index is 2.44. The number of aromatic nitrogens is 2. The van der Waals surface area contributed by atoms with E-state index in [2.05, 4.69) is 15.0 Å². The Kier molecular flexibility index (Phi) is 3.82. The fourth-order valence-corrected chi connectivity index (χ4v) is 1.92. The van der Waals surface area contributed by atoms with E-state index in [1.165, 1.54) is 6.21 Å². The van der Waals surface area contributed by atoms with Crippen molar-refractivity contribution in [2.24, 2.45) is 4.99 Å². The molecule has 0 bridgehead atoms. The zero-order chi connectivity index (χ0) is 14.0. The number of halogens is 1. The van der Waals surface area contributed by atoms with Crippen molar-refractivity contribution >= 4 is 35.7 Å². The van der Waals surface area contributed by atoms with Crippen LogP contribution in [0.5, 0.6) is 5.88 Å². The van der Waals surface area contributed by atoms with Gasteiger partial charge in [-0.3, -0.25) is 14.8 Å². The minimum atomic E-state index is -0.503. The molecular weight excluding hydrogens is 286 g/mol. The first-order chi connectivity index (χ1) is 8.97. The first-order valence-corrected chi connectivity index (χ1v) is 6.12. The highest BCUT2D eigenvalue weighted by molar-refractivity contribution is 7.71. The summed E-state index contributed by atoms with van der Waals surface area (Å²) in [6.45, 7) is 1.85. The number of aromatic hydroxyl groups is 1. The number of hydrogen-bond acceptors (Lipinski definition) is 4. The number of rotatable bonds is 2. The summed E-state index contributed by atoms with van der Waals surface area (Å²) in [5, 5.41) is 10.2. The quantitative estimate of drug-likeness (QED) is 0.588. The van der Waals surface area contributed by atoms with Crippen molar-refractivity contribution in [3.8, 4) is 5.88 Å². The second-order valence-corrected chi connectivity index (χ2v) is 4.70. The van der Waals surface area contributed by atoms with E-state index < -0.39 is 5.56 Å². The van der Waals surface area contributed by atoms with Gasteiger partial charge in [-0.25, -0.2) is 0 Å². The maximum Gasteiger partial charge on any atom is 0.264 e. The molecule has 0 aliphatic rings. The molecule has 0 atom stereocenters. The molecule has 19 heavy (non-hydrogen) atoms. The SMILES string of the molecule is Cc1cc(Cl)ccc1N=Cc1c(O)[nH]c(=S)[nH]c1=O. The number of nitrogens with zero attached hydrogens (tertiary/aromatic N) is 1. The first-order valence-electron chi connectivity index (χ1n) is 5.33. The summed E-state index contributed by atoms with van der Waals surface area (Å²) in [6.07, 6.45) is 1.27. The van der Waals surface area contributed by atoms with Crippen LogP contribution in [0.3, 0.4) is 0 Å². The minimum Gasteiger partial charge on any atom is -0.494 e. The van der Waals surface area contributed by atoms with Crippen molar-refractivity contribution in [2.45, 2.75) is 6.92 Å². The van der Waals surface area contributed by atoms with Crippen LogP contribution in [0, 0.1) is 11.7 Å². The molecule has 2 rings (SSSR count). The molecule has 98 valence electrons. The number of benzene rings is 1. The predicted octanol–water partition coefficient (Wildman–Crippen LogP) is 2.85. The van der Waals surface area contributed by atoms with Crippen molar-refractivity contribution in [3.05, 3.63) is 49.5 Å². The zero-order valence-corrected chi connectivity index (χ0v) is 11.5. The largest absolute Gasteiger partial charge is 0.494 e. The molecule has 0 aliphatic heterocycles. The smallest absolute Gasteiger partial charge is 0.264 e. The third kappa shape index (κ3) is 3.10. The molecule has 2 aromatic rings. The van der Waals surface area contributed by atoms with Gasteiger partial charge in [0, 0.05) is 11.2 Å². The number of nitrogens with one attached hydrogen (secondary N) is 2.